The van der Waals surface area contributed by atoms with E-state index in [9.17, 15) is 29.1 Å². The van der Waals surface area contributed by atoms with Gasteiger partial charge in [-0.05, 0) is 26.3 Å². The van der Waals surface area contributed by atoms with Crippen LogP contribution in [0.4, 0.5) is 4.79 Å². The minimum atomic E-state index is -1.65. The van der Waals surface area contributed by atoms with Crippen LogP contribution in [0.3, 0.4) is 0 Å². The Hall–Kier alpha value is -2.97. The fourth-order valence-corrected chi connectivity index (χ4v) is 2.08. The summed E-state index contributed by atoms with van der Waals surface area (Å²) < 4.78 is 0. The topological polar surface area (TPSA) is 252 Å². The molecular formula is C15H29N7O7. The lowest BCUT2D eigenvalue weighted by molar-refractivity contribution is -0.141. The minimum Gasteiger partial charge on any atom is -0.480 e. The van der Waals surface area contributed by atoms with E-state index in [0.717, 1.165) is 6.92 Å². The predicted octanol–water partition coefficient (Wildman–Crippen LogP) is -4.03. The smallest absolute Gasteiger partial charge is 0.328 e. The normalized spacial score (nSPS) is 14.6. The second-order valence-electron chi connectivity index (χ2n) is 6.27. The van der Waals surface area contributed by atoms with Crippen LogP contribution in [0.15, 0.2) is 0 Å². The zero-order valence-corrected chi connectivity index (χ0v) is 16.0. The number of nitrogens with one attached hydrogen (secondary N) is 4. The first-order valence-corrected chi connectivity index (χ1v) is 8.81. The molecule has 0 bridgehead atoms. The molecule has 0 aromatic heterocycles. The number of hydrogen-bond donors (Lipinski definition) is 9. The van der Waals surface area contributed by atoms with Crippen molar-refractivity contribution in [1.29, 1.82) is 0 Å². The number of amides is 5. The molecule has 14 nitrogen and oxygen atoms in total. The molecule has 0 saturated heterocycles. The Bertz CT molecular complexity index is 600. The van der Waals surface area contributed by atoms with E-state index in [1.54, 1.807) is 0 Å². The first-order chi connectivity index (χ1) is 13.5. The van der Waals surface area contributed by atoms with Crippen molar-refractivity contribution in [2.24, 2.45) is 17.2 Å². The number of primary amides is 1. The predicted molar refractivity (Wildman–Crippen MR) is 99.5 cm³/mol. The van der Waals surface area contributed by atoms with Gasteiger partial charge in [0.15, 0.2) is 6.04 Å². The van der Waals surface area contributed by atoms with Crippen LogP contribution in [-0.2, 0) is 19.2 Å². The SMILES string of the molecule is CC(O)C(NC(=O)NC(CC(N)=O)C(=O)NNC(=O)C(N)CCCCN)C(=O)O. The summed E-state index contributed by atoms with van der Waals surface area (Å²) in [6, 6.07) is -5.23. The monoisotopic (exact) mass is 419 g/mol. The van der Waals surface area contributed by atoms with Gasteiger partial charge >= 0.3 is 12.0 Å². The lowest BCUT2D eigenvalue weighted by Crippen LogP contribution is -2.59. The Morgan fingerprint density at radius 2 is 1.59 bits per heavy atom. The number of aliphatic hydroxyl groups is 1. The molecule has 0 rings (SSSR count). The number of carboxylic acids is 1. The molecule has 0 radical (unpaired) electrons. The number of hydrazine groups is 1. The molecule has 0 aromatic rings. The lowest BCUT2D eigenvalue weighted by atomic mass is 10.1. The van der Waals surface area contributed by atoms with Crippen molar-refractivity contribution in [2.45, 2.75) is 56.8 Å². The molecule has 0 spiro atoms. The highest BCUT2D eigenvalue weighted by molar-refractivity contribution is 5.93. The quantitative estimate of drug-likeness (QED) is 0.110. The second kappa shape index (κ2) is 13.2. The van der Waals surface area contributed by atoms with Crippen molar-refractivity contribution in [3.8, 4) is 0 Å². The molecule has 14 heteroatoms. The van der Waals surface area contributed by atoms with Crippen LogP contribution in [0.5, 0.6) is 0 Å². The van der Waals surface area contributed by atoms with Gasteiger partial charge in [0, 0.05) is 0 Å². The molecule has 0 aliphatic heterocycles. The Balaban J connectivity index is 4.81. The number of aliphatic carboxylic acids is 1. The van der Waals surface area contributed by atoms with Gasteiger partial charge in [-0.2, -0.15) is 0 Å². The van der Waals surface area contributed by atoms with Crippen LogP contribution >= 0.6 is 0 Å². The average molecular weight is 419 g/mol. The minimum absolute atomic E-state index is 0.334. The molecule has 0 fully saturated rings. The maximum Gasteiger partial charge on any atom is 0.328 e. The van der Waals surface area contributed by atoms with Crippen LogP contribution in [0, 0.1) is 0 Å². The summed E-state index contributed by atoms with van der Waals surface area (Å²) in [6.45, 7) is 1.59. The van der Waals surface area contributed by atoms with Crippen molar-refractivity contribution in [3.05, 3.63) is 0 Å². The largest absolute Gasteiger partial charge is 0.480 e. The van der Waals surface area contributed by atoms with Gasteiger partial charge in [0.05, 0.1) is 18.6 Å². The fraction of sp³-hybridized carbons (Fsp3) is 0.667. The van der Waals surface area contributed by atoms with E-state index in [4.69, 9.17) is 22.3 Å². The molecule has 29 heavy (non-hydrogen) atoms. The molecule has 5 amide bonds. The summed E-state index contributed by atoms with van der Waals surface area (Å²) in [4.78, 5) is 58.0. The van der Waals surface area contributed by atoms with Crippen molar-refractivity contribution >= 4 is 29.7 Å². The van der Waals surface area contributed by atoms with Crippen LogP contribution in [-0.4, -0.2) is 70.7 Å². The number of carbonyl (C=O) groups excluding carboxylic acids is 4. The van der Waals surface area contributed by atoms with E-state index < -0.39 is 60.4 Å². The van der Waals surface area contributed by atoms with Crippen molar-refractivity contribution < 1.29 is 34.2 Å². The van der Waals surface area contributed by atoms with Crippen LogP contribution in [0.1, 0.15) is 32.6 Å². The van der Waals surface area contributed by atoms with E-state index in [0.29, 0.717) is 25.8 Å². The Morgan fingerprint density at radius 3 is 2.07 bits per heavy atom. The van der Waals surface area contributed by atoms with E-state index in [1.807, 2.05) is 16.1 Å². The van der Waals surface area contributed by atoms with E-state index >= 15 is 0 Å². The third-order valence-corrected chi connectivity index (χ3v) is 3.68. The standard InChI is InChI=1S/C15H29N7O7/c1-7(23)11(14(27)28)20-15(29)19-9(6-10(18)24)13(26)22-21-12(25)8(17)4-2-3-5-16/h7-9,11,23H,2-6,16-17H2,1H3,(H2,18,24)(H,21,25)(H,22,26)(H,27,28)(H2,19,20,29). The molecule has 0 heterocycles. The van der Waals surface area contributed by atoms with Crippen molar-refractivity contribution in [2.75, 3.05) is 6.54 Å². The maximum absolute atomic E-state index is 12.2. The number of urea groups is 1. The van der Waals surface area contributed by atoms with Crippen LogP contribution in [0.25, 0.3) is 0 Å². The van der Waals surface area contributed by atoms with Crippen molar-refractivity contribution in [3.63, 3.8) is 0 Å². The number of rotatable bonds is 12. The van der Waals surface area contributed by atoms with Gasteiger partial charge < -0.3 is 38.0 Å². The van der Waals surface area contributed by atoms with E-state index in [-0.39, 0.29) is 0 Å². The third kappa shape index (κ3) is 10.8. The zero-order valence-electron chi connectivity index (χ0n) is 16.0. The molecule has 0 aliphatic carbocycles. The van der Waals surface area contributed by atoms with Gasteiger partial charge in [0.2, 0.25) is 5.91 Å². The number of unbranched alkanes of at least 4 members (excludes halogenated alkanes) is 1. The second-order valence-corrected chi connectivity index (χ2v) is 6.27. The van der Waals surface area contributed by atoms with Gasteiger partial charge in [-0.3, -0.25) is 25.2 Å². The van der Waals surface area contributed by atoms with Crippen LogP contribution < -0.4 is 38.7 Å². The molecule has 166 valence electrons. The first-order valence-electron chi connectivity index (χ1n) is 8.81. The number of nitrogens with two attached hydrogens (primary N) is 3. The molecule has 0 saturated carbocycles. The first kappa shape index (κ1) is 26.0. The zero-order chi connectivity index (χ0) is 22.6. The molecule has 4 atom stereocenters. The highest BCUT2D eigenvalue weighted by atomic mass is 16.4. The van der Waals surface area contributed by atoms with Gasteiger partial charge in [-0.15, -0.1) is 0 Å². The number of carbonyl (C=O) groups is 5. The number of carboxylic acid groups (broad SMARTS) is 1. The maximum atomic E-state index is 12.2. The fourth-order valence-electron chi connectivity index (χ4n) is 2.08. The molecule has 12 N–H and O–H groups in total. The Kier molecular flexibility index (Phi) is 11.9. The molecule has 4 unspecified atom stereocenters. The third-order valence-electron chi connectivity index (χ3n) is 3.68. The summed E-state index contributed by atoms with van der Waals surface area (Å²) in [5.41, 5.74) is 20.1. The highest BCUT2D eigenvalue weighted by Crippen LogP contribution is 1.98. The summed E-state index contributed by atoms with van der Waals surface area (Å²) in [7, 11) is 0. The molecule has 0 aromatic carbocycles. The van der Waals surface area contributed by atoms with Gasteiger partial charge in [0.1, 0.15) is 6.04 Å². The summed E-state index contributed by atoms with van der Waals surface area (Å²) >= 11 is 0. The lowest BCUT2D eigenvalue weighted by Gasteiger charge is -2.21. The van der Waals surface area contributed by atoms with Gasteiger partial charge in [-0.1, -0.05) is 6.42 Å². The van der Waals surface area contributed by atoms with Crippen LogP contribution in [0.2, 0.25) is 0 Å². The van der Waals surface area contributed by atoms with Gasteiger partial charge in [-0.25, -0.2) is 9.59 Å². The van der Waals surface area contributed by atoms with E-state index in [1.165, 1.54) is 0 Å². The van der Waals surface area contributed by atoms with E-state index in [2.05, 4.69) is 5.43 Å². The molecular weight excluding hydrogens is 390 g/mol. The van der Waals surface area contributed by atoms with Crippen molar-refractivity contribution in [1.82, 2.24) is 21.5 Å². The Labute approximate surface area is 166 Å². The Morgan fingerprint density at radius 1 is 1.00 bits per heavy atom. The highest BCUT2D eigenvalue weighted by Gasteiger charge is 2.28. The summed E-state index contributed by atoms with van der Waals surface area (Å²) in [5.74, 6) is -4.15. The van der Waals surface area contributed by atoms with Gasteiger partial charge in [0.25, 0.3) is 11.8 Å². The average Bonchev–Trinajstić information content (AvgIpc) is 2.62. The summed E-state index contributed by atoms with van der Waals surface area (Å²) in [6.07, 6.45) is -0.443. The number of aliphatic hydroxyl groups excluding tert-OH is 1. The summed E-state index contributed by atoms with van der Waals surface area (Å²) in [5, 5.41) is 22.3. The molecule has 0 aliphatic rings. The number of hydrogen-bond acceptors (Lipinski definition) is 8.